The first kappa shape index (κ1) is 37.6. The quantitative estimate of drug-likeness (QED) is 0.0863. The van der Waals surface area contributed by atoms with E-state index in [-0.39, 0.29) is 17.3 Å². The van der Waals surface area contributed by atoms with Crippen LogP contribution in [0.3, 0.4) is 0 Å². The summed E-state index contributed by atoms with van der Waals surface area (Å²) in [5.74, 6) is 1.69. The molecule has 0 amide bonds. The zero-order valence-electron chi connectivity index (χ0n) is 25.1. The standard InChI is InChI=1S/C29H60OS.C3H6O2/c1-4-7-9-11-13-15-17-19-21-23-25-27-31(29(30)6-3)28-26-24-22-20-18-16-14-12-10-8-5-2;1-2-3(4)5/h31H,4-28H2,1-3H3;2H2,1H3,(H,4,5). The minimum absolute atomic E-state index is 0.222. The summed E-state index contributed by atoms with van der Waals surface area (Å²) in [5.41, 5.74) is 0. The average molecular weight is 531 g/mol. The number of carboxylic acid groups (broad SMARTS) is 1. The highest BCUT2D eigenvalue weighted by Gasteiger charge is 2.11. The van der Waals surface area contributed by atoms with E-state index in [0.29, 0.717) is 5.12 Å². The molecule has 0 spiro atoms. The molecule has 0 aliphatic carbocycles. The van der Waals surface area contributed by atoms with Crippen LogP contribution in [0.15, 0.2) is 0 Å². The van der Waals surface area contributed by atoms with E-state index in [1.165, 1.54) is 153 Å². The van der Waals surface area contributed by atoms with Crippen molar-refractivity contribution in [3.8, 4) is 0 Å². The Morgan fingerprint density at radius 3 is 0.917 bits per heavy atom. The maximum Gasteiger partial charge on any atom is 0.303 e. The van der Waals surface area contributed by atoms with E-state index in [4.69, 9.17) is 5.11 Å². The van der Waals surface area contributed by atoms with E-state index in [2.05, 4.69) is 20.8 Å². The lowest BCUT2D eigenvalue weighted by Crippen LogP contribution is -2.06. The number of thiol groups is 1. The molecular formula is C32H66O3S. The molecule has 0 atom stereocenters. The first-order valence-electron chi connectivity index (χ1n) is 16.0. The monoisotopic (exact) mass is 530 g/mol. The maximum atomic E-state index is 12.4. The summed E-state index contributed by atoms with van der Waals surface area (Å²) in [6.07, 6.45) is 31.8. The molecule has 36 heavy (non-hydrogen) atoms. The molecule has 1 N–H and O–H groups in total. The molecule has 0 aromatic carbocycles. The molecule has 218 valence electrons. The van der Waals surface area contributed by atoms with Crippen LogP contribution >= 0.6 is 10.9 Å². The molecule has 0 bridgehead atoms. The number of hydrogen-bond acceptors (Lipinski definition) is 2. The second kappa shape index (κ2) is 32.5. The summed E-state index contributed by atoms with van der Waals surface area (Å²) in [5, 5.41) is 8.31. The lowest BCUT2D eigenvalue weighted by Gasteiger charge is -2.19. The summed E-state index contributed by atoms with van der Waals surface area (Å²) in [7, 11) is -0.333. The first-order valence-corrected chi connectivity index (χ1v) is 17.7. The van der Waals surface area contributed by atoms with Crippen molar-refractivity contribution in [2.45, 2.75) is 182 Å². The fourth-order valence-electron chi connectivity index (χ4n) is 4.52. The van der Waals surface area contributed by atoms with E-state index >= 15 is 0 Å². The van der Waals surface area contributed by atoms with Crippen molar-refractivity contribution >= 4 is 22.0 Å². The van der Waals surface area contributed by atoms with E-state index in [9.17, 15) is 9.59 Å². The molecule has 3 nitrogen and oxygen atoms in total. The van der Waals surface area contributed by atoms with Gasteiger partial charge in [-0.15, -0.1) is 0 Å². The lowest BCUT2D eigenvalue weighted by atomic mass is 10.1. The zero-order chi connectivity index (χ0) is 27.1. The molecule has 0 aliphatic heterocycles. The van der Waals surface area contributed by atoms with Gasteiger partial charge in [0.25, 0.3) is 0 Å². The Labute approximate surface area is 229 Å². The third-order valence-electron chi connectivity index (χ3n) is 7.02. The largest absolute Gasteiger partial charge is 0.481 e. The Morgan fingerprint density at radius 1 is 0.444 bits per heavy atom. The van der Waals surface area contributed by atoms with Crippen LogP contribution < -0.4 is 0 Å². The SMILES string of the molecule is CCC(=O)O.CCCCCCCCCCCCC[SH](CCCCCCCCCCCCC)C(=O)CC. The van der Waals surface area contributed by atoms with Crippen LogP contribution in [-0.4, -0.2) is 27.7 Å². The molecule has 0 saturated carbocycles. The topological polar surface area (TPSA) is 54.4 Å². The second-order valence-electron chi connectivity index (χ2n) is 10.6. The summed E-state index contributed by atoms with van der Waals surface area (Å²) >= 11 is 0. The fourth-order valence-corrected chi connectivity index (χ4v) is 6.90. The Bertz CT molecular complexity index is 427. The van der Waals surface area contributed by atoms with Crippen LogP contribution in [0.25, 0.3) is 0 Å². The summed E-state index contributed by atoms with van der Waals surface area (Å²) in [6.45, 7) is 8.25. The molecule has 0 aromatic heterocycles. The summed E-state index contributed by atoms with van der Waals surface area (Å²) in [6, 6.07) is 0. The highest BCUT2D eigenvalue weighted by Crippen LogP contribution is 2.31. The number of carboxylic acids is 1. The van der Waals surface area contributed by atoms with Crippen LogP contribution in [0.4, 0.5) is 0 Å². The Balaban J connectivity index is 0. The van der Waals surface area contributed by atoms with Crippen LogP contribution in [-0.2, 0) is 9.59 Å². The Kier molecular flexibility index (Phi) is 34.0. The number of carbonyl (C=O) groups excluding carboxylic acids is 1. The zero-order valence-corrected chi connectivity index (χ0v) is 26.0. The van der Waals surface area contributed by atoms with Gasteiger partial charge in [0.1, 0.15) is 0 Å². The normalized spacial score (nSPS) is 11.2. The molecule has 4 heteroatoms. The number of hydrogen-bond donors (Lipinski definition) is 2. The molecule has 0 fully saturated rings. The van der Waals surface area contributed by atoms with Crippen LogP contribution in [0.5, 0.6) is 0 Å². The van der Waals surface area contributed by atoms with Gasteiger partial charge in [0, 0.05) is 12.8 Å². The van der Waals surface area contributed by atoms with Crippen LogP contribution in [0.1, 0.15) is 182 Å². The maximum absolute atomic E-state index is 12.4. The van der Waals surface area contributed by atoms with Crippen molar-refractivity contribution in [2.24, 2.45) is 0 Å². The third-order valence-corrected chi connectivity index (χ3v) is 9.75. The molecule has 0 aliphatic rings. The van der Waals surface area contributed by atoms with Crippen molar-refractivity contribution < 1.29 is 14.7 Å². The summed E-state index contributed by atoms with van der Waals surface area (Å²) in [4.78, 5) is 21.7. The predicted molar refractivity (Wildman–Crippen MR) is 165 cm³/mol. The smallest absolute Gasteiger partial charge is 0.303 e. The van der Waals surface area contributed by atoms with Crippen molar-refractivity contribution in [2.75, 3.05) is 11.5 Å². The van der Waals surface area contributed by atoms with Gasteiger partial charge in [-0.1, -0.05) is 156 Å². The van der Waals surface area contributed by atoms with E-state index in [1.54, 1.807) is 6.92 Å². The molecule has 0 heterocycles. The summed E-state index contributed by atoms with van der Waals surface area (Å²) < 4.78 is 0. The van der Waals surface area contributed by atoms with E-state index in [1.807, 2.05) is 0 Å². The van der Waals surface area contributed by atoms with Gasteiger partial charge < -0.3 is 5.11 Å². The highest BCUT2D eigenvalue weighted by atomic mass is 32.2. The van der Waals surface area contributed by atoms with Gasteiger partial charge in [0.15, 0.2) is 5.12 Å². The lowest BCUT2D eigenvalue weighted by molar-refractivity contribution is -0.136. The van der Waals surface area contributed by atoms with E-state index in [0.717, 1.165) is 6.42 Å². The van der Waals surface area contributed by atoms with Gasteiger partial charge in [-0.2, -0.15) is 10.9 Å². The molecular weight excluding hydrogens is 464 g/mol. The van der Waals surface area contributed by atoms with Crippen molar-refractivity contribution in [1.29, 1.82) is 0 Å². The number of unbranched alkanes of at least 4 members (excludes halogenated alkanes) is 20. The molecule has 0 aromatic rings. The molecule has 0 saturated heterocycles. The van der Waals surface area contributed by atoms with Crippen molar-refractivity contribution in [3.63, 3.8) is 0 Å². The van der Waals surface area contributed by atoms with Crippen LogP contribution in [0.2, 0.25) is 0 Å². The van der Waals surface area contributed by atoms with Crippen molar-refractivity contribution in [3.05, 3.63) is 0 Å². The molecule has 0 radical (unpaired) electrons. The second-order valence-corrected chi connectivity index (χ2v) is 13.0. The van der Waals surface area contributed by atoms with Crippen molar-refractivity contribution in [1.82, 2.24) is 0 Å². The predicted octanol–water partition coefficient (Wildman–Crippen LogP) is 11.0. The Morgan fingerprint density at radius 2 is 0.694 bits per heavy atom. The number of carbonyl (C=O) groups is 2. The first-order chi connectivity index (χ1) is 17.5. The van der Waals surface area contributed by atoms with Crippen LogP contribution in [0, 0.1) is 0 Å². The minimum Gasteiger partial charge on any atom is -0.481 e. The van der Waals surface area contributed by atoms with Gasteiger partial charge in [-0.3, -0.25) is 9.59 Å². The number of aliphatic carboxylic acids is 1. The van der Waals surface area contributed by atoms with E-state index < -0.39 is 5.97 Å². The third kappa shape index (κ3) is 31.5. The van der Waals surface area contributed by atoms with Gasteiger partial charge in [-0.25, -0.2) is 0 Å². The number of rotatable bonds is 26. The Hall–Kier alpha value is -0.510. The van der Waals surface area contributed by atoms with Gasteiger partial charge in [-0.05, 0) is 24.3 Å². The van der Waals surface area contributed by atoms with Gasteiger partial charge in [0.05, 0.1) is 0 Å². The fraction of sp³-hybridized carbons (Fsp3) is 0.938. The van der Waals surface area contributed by atoms with Gasteiger partial charge >= 0.3 is 5.97 Å². The average Bonchev–Trinajstić information content (AvgIpc) is 2.88. The molecule has 0 unspecified atom stereocenters. The van der Waals surface area contributed by atoms with Gasteiger partial charge in [0.2, 0.25) is 0 Å². The minimum atomic E-state index is -0.745. The molecule has 0 rings (SSSR count). The highest BCUT2D eigenvalue weighted by molar-refractivity contribution is 8.29.